The molecule has 88 valence electrons. The summed E-state index contributed by atoms with van der Waals surface area (Å²) in [4.78, 5) is 14.4. The largest absolute Gasteiger partial charge is 0.368 e. The van der Waals surface area contributed by atoms with E-state index in [1.807, 2.05) is 0 Å². The summed E-state index contributed by atoms with van der Waals surface area (Å²) in [6.07, 6.45) is 2.61. The monoisotopic (exact) mass is 309 g/mol. The van der Waals surface area contributed by atoms with Crippen molar-refractivity contribution in [3.63, 3.8) is 0 Å². The van der Waals surface area contributed by atoms with Crippen molar-refractivity contribution in [1.82, 2.24) is 4.98 Å². The molecule has 0 aliphatic carbocycles. The van der Waals surface area contributed by atoms with Gasteiger partial charge in [-0.3, -0.25) is 14.3 Å². The Labute approximate surface area is 100 Å². The molecule has 1 heterocycles. The van der Waals surface area contributed by atoms with E-state index >= 15 is 0 Å². The minimum Gasteiger partial charge on any atom is -0.368 e. The van der Waals surface area contributed by atoms with Gasteiger partial charge in [0, 0.05) is 10.7 Å². The average molecular weight is 310 g/mol. The van der Waals surface area contributed by atoms with Gasteiger partial charge in [0.1, 0.15) is 6.54 Å². The number of anilines is 1. The molecule has 0 unspecified atom stereocenters. The van der Waals surface area contributed by atoms with E-state index in [1.165, 1.54) is 18.5 Å². The summed E-state index contributed by atoms with van der Waals surface area (Å²) in [5.41, 5.74) is 4.91. The average Bonchev–Trinajstić information content (AvgIpc) is 2.12. The van der Waals surface area contributed by atoms with Crippen LogP contribution in [0.4, 0.5) is 5.69 Å². The van der Waals surface area contributed by atoms with Crippen molar-refractivity contribution in [1.29, 1.82) is 0 Å². The highest BCUT2D eigenvalue weighted by molar-refractivity contribution is 9.10. The van der Waals surface area contributed by atoms with Crippen LogP contribution in [0.5, 0.6) is 0 Å². The van der Waals surface area contributed by atoms with Crippen LogP contribution in [0.15, 0.2) is 22.9 Å². The lowest BCUT2D eigenvalue weighted by atomic mass is 10.4. The first kappa shape index (κ1) is 12.9. The fraction of sp³-hybridized carbons (Fsp3) is 0.143. The van der Waals surface area contributed by atoms with Crippen molar-refractivity contribution in [2.24, 2.45) is 5.73 Å². The second-order valence-corrected chi connectivity index (χ2v) is 5.06. The molecule has 0 fully saturated rings. The summed E-state index contributed by atoms with van der Waals surface area (Å²) in [6.45, 7) is -0.656. The number of halogens is 1. The maximum Gasteiger partial charge on any atom is 0.360 e. The van der Waals surface area contributed by atoms with Crippen molar-refractivity contribution >= 4 is 37.8 Å². The van der Waals surface area contributed by atoms with E-state index in [4.69, 9.17) is 10.3 Å². The molecule has 9 heteroatoms. The van der Waals surface area contributed by atoms with Gasteiger partial charge >= 0.3 is 10.3 Å². The van der Waals surface area contributed by atoms with Crippen LogP contribution in [0.25, 0.3) is 0 Å². The Kier molecular flexibility index (Phi) is 3.83. The minimum atomic E-state index is -4.56. The molecule has 3 N–H and O–H groups in total. The zero-order valence-electron chi connectivity index (χ0n) is 7.87. The lowest BCUT2D eigenvalue weighted by molar-refractivity contribution is -0.116. The Morgan fingerprint density at radius 1 is 1.56 bits per heavy atom. The topological polar surface area (TPSA) is 114 Å². The quantitative estimate of drug-likeness (QED) is 0.756. The summed E-state index contributed by atoms with van der Waals surface area (Å²) in [5, 5.41) is 0. The molecule has 0 spiro atoms. The Balaban J connectivity index is 3.16. The first-order valence-corrected chi connectivity index (χ1v) is 6.13. The third-order valence-electron chi connectivity index (χ3n) is 1.56. The van der Waals surface area contributed by atoms with Gasteiger partial charge in [0.2, 0.25) is 5.91 Å². The van der Waals surface area contributed by atoms with Gasteiger partial charge in [-0.2, -0.15) is 8.42 Å². The first-order chi connectivity index (χ1) is 7.30. The molecular formula is C7H8BrN3O4S. The Bertz CT molecular complexity index is 504. The molecule has 0 bridgehead atoms. The third-order valence-corrected chi connectivity index (χ3v) is 2.89. The molecule has 0 saturated carbocycles. The first-order valence-electron chi connectivity index (χ1n) is 3.94. The van der Waals surface area contributed by atoms with Crippen LogP contribution >= 0.6 is 15.9 Å². The van der Waals surface area contributed by atoms with Crippen LogP contribution < -0.4 is 10.0 Å². The zero-order chi connectivity index (χ0) is 12.3. The lowest BCUT2D eigenvalue weighted by Gasteiger charge is -2.18. The smallest absolute Gasteiger partial charge is 0.360 e. The molecule has 7 nitrogen and oxygen atoms in total. The molecule has 0 aliphatic heterocycles. The highest BCUT2D eigenvalue weighted by atomic mass is 79.9. The summed E-state index contributed by atoms with van der Waals surface area (Å²) in [6, 6.07) is 1.38. The zero-order valence-corrected chi connectivity index (χ0v) is 10.3. The maximum absolute atomic E-state index is 11.0. The van der Waals surface area contributed by atoms with E-state index in [1.54, 1.807) is 0 Å². The number of rotatable bonds is 4. The van der Waals surface area contributed by atoms with Crippen LogP contribution in [-0.2, 0) is 15.1 Å². The van der Waals surface area contributed by atoms with Gasteiger partial charge in [0.05, 0.1) is 11.9 Å². The minimum absolute atomic E-state index is 0.0377. The van der Waals surface area contributed by atoms with E-state index in [0.29, 0.717) is 8.78 Å². The number of hydrogen-bond donors (Lipinski definition) is 2. The second-order valence-electron chi connectivity index (χ2n) is 2.81. The molecule has 0 radical (unpaired) electrons. The van der Waals surface area contributed by atoms with Crippen LogP contribution in [0, 0.1) is 0 Å². The van der Waals surface area contributed by atoms with Gasteiger partial charge in [0.25, 0.3) is 0 Å². The van der Waals surface area contributed by atoms with Crippen molar-refractivity contribution in [2.45, 2.75) is 0 Å². The molecule has 1 aromatic heterocycles. The molecule has 0 saturated heterocycles. The Morgan fingerprint density at radius 3 is 2.62 bits per heavy atom. The van der Waals surface area contributed by atoms with E-state index in [9.17, 15) is 13.2 Å². The molecule has 0 aromatic carbocycles. The highest BCUT2D eigenvalue weighted by Crippen LogP contribution is 2.19. The van der Waals surface area contributed by atoms with E-state index in [2.05, 4.69) is 20.9 Å². The van der Waals surface area contributed by atoms with E-state index in [0.717, 1.165) is 0 Å². The summed E-state index contributed by atoms with van der Waals surface area (Å²) < 4.78 is 31.9. The number of primary amides is 1. The van der Waals surface area contributed by atoms with Crippen LogP contribution in [0.3, 0.4) is 0 Å². The van der Waals surface area contributed by atoms with Crippen molar-refractivity contribution in [2.75, 3.05) is 10.8 Å². The molecule has 0 atom stereocenters. The lowest BCUT2D eigenvalue weighted by Crippen LogP contribution is -2.38. The van der Waals surface area contributed by atoms with Crippen LogP contribution in [-0.4, -0.2) is 30.4 Å². The van der Waals surface area contributed by atoms with E-state index in [-0.39, 0.29) is 5.69 Å². The molecule has 1 rings (SSSR count). The number of nitrogens with two attached hydrogens (primary N) is 1. The highest BCUT2D eigenvalue weighted by Gasteiger charge is 2.21. The van der Waals surface area contributed by atoms with Crippen molar-refractivity contribution in [3.8, 4) is 0 Å². The number of nitrogens with zero attached hydrogens (tertiary/aromatic N) is 2. The third kappa shape index (κ3) is 3.43. The summed E-state index contributed by atoms with van der Waals surface area (Å²) in [7, 11) is -4.56. The van der Waals surface area contributed by atoms with Gasteiger partial charge in [-0.05, 0) is 22.0 Å². The van der Waals surface area contributed by atoms with Crippen molar-refractivity contribution in [3.05, 3.63) is 22.9 Å². The fourth-order valence-electron chi connectivity index (χ4n) is 0.985. The number of hydrogen-bond acceptors (Lipinski definition) is 4. The molecule has 16 heavy (non-hydrogen) atoms. The Hall–Kier alpha value is -1.19. The fourth-order valence-corrected chi connectivity index (χ4v) is 1.99. The summed E-state index contributed by atoms with van der Waals surface area (Å²) >= 11 is 3.08. The van der Waals surface area contributed by atoms with Gasteiger partial charge < -0.3 is 5.73 Å². The Morgan fingerprint density at radius 2 is 2.19 bits per heavy atom. The number of carbonyl (C=O) groups excluding carboxylic acids is 1. The number of amides is 1. The molecule has 1 amide bonds. The summed E-state index contributed by atoms with van der Waals surface area (Å²) in [5.74, 6) is -0.891. The van der Waals surface area contributed by atoms with E-state index < -0.39 is 22.8 Å². The SMILES string of the molecule is NC(=O)CN(c1cncc(Br)c1)S(=O)(=O)O. The predicted molar refractivity (Wildman–Crippen MR) is 60.0 cm³/mol. The molecular weight excluding hydrogens is 302 g/mol. The predicted octanol–water partition coefficient (Wildman–Crippen LogP) is -0.0614. The van der Waals surface area contributed by atoms with Gasteiger partial charge in [0.15, 0.2) is 0 Å². The normalized spacial score (nSPS) is 11.1. The molecule has 1 aromatic rings. The van der Waals surface area contributed by atoms with Gasteiger partial charge in [-0.25, -0.2) is 4.31 Å². The van der Waals surface area contributed by atoms with Crippen LogP contribution in [0.1, 0.15) is 0 Å². The maximum atomic E-state index is 11.0. The molecule has 0 aliphatic rings. The number of carbonyl (C=O) groups is 1. The second kappa shape index (κ2) is 4.76. The van der Waals surface area contributed by atoms with Gasteiger partial charge in [-0.1, -0.05) is 0 Å². The standard InChI is InChI=1S/C7H8BrN3O4S/c8-5-1-6(3-10-2-5)11(4-7(9)12)16(13,14)15/h1-3H,4H2,(H2,9,12)(H,13,14,15). The van der Waals surface area contributed by atoms with Crippen molar-refractivity contribution < 1.29 is 17.8 Å². The number of pyridine rings is 1. The number of aromatic nitrogens is 1. The van der Waals surface area contributed by atoms with Gasteiger partial charge in [-0.15, -0.1) is 0 Å². The van der Waals surface area contributed by atoms with Crippen LogP contribution in [0.2, 0.25) is 0 Å².